The molecule has 0 bridgehead atoms. The lowest BCUT2D eigenvalue weighted by molar-refractivity contribution is 0.0996. The van der Waals surface area contributed by atoms with Crippen molar-refractivity contribution in [2.75, 3.05) is 0 Å². The number of aromatic amines is 1. The molecule has 0 radical (unpaired) electrons. The molecular formula is C10H5N5O. The number of amides is 1. The van der Waals surface area contributed by atoms with Gasteiger partial charge in [0.25, 0.3) is 5.91 Å². The van der Waals surface area contributed by atoms with Crippen LogP contribution in [0.2, 0.25) is 0 Å². The average Bonchev–Trinajstić information content (AvgIpc) is 2.71. The molecule has 6 heteroatoms. The SMILES string of the molecule is N#Cc1ccc2cc(C(=O)N=[N+]=[N-])[nH]c2c1. The predicted molar refractivity (Wildman–Crippen MR) is 56.5 cm³/mol. The number of azide groups is 1. The highest BCUT2D eigenvalue weighted by atomic mass is 16.1. The third-order valence-electron chi connectivity index (χ3n) is 2.12. The Labute approximate surface area is 89.7 Å². The van der Waals surface area contributed by atoms with E-state index in [1.807, 2.05) is 6.07 Å². The lowest BCUT2D eigenvalue weighted by Gasteiger charge is -1.89. The fourth-order valence-electron chi connectivity index (χ4n) is 1.41. The number of hydrogen-bond donors (Lipinski definition) is 1. The summed E-state index contributed by atoms with van der Waals surface area (Å²) < 4.78 is 0. The van der Waals surface area contributed by atoms with Gasteiger partial charge in [0, 0.05) is 15.8 Å². The van der Waals surface area contributed by atoms with E-state index >= 15 is 0 Å². The Bertz CT molecular complexity index is 657. The zero-order valence-electron chi connectivity index (χ0n) is 8.01. The highest BCUT2D eigenvalue weighted by Gasteiger charge is 2.07. The summed E-state index contributed by atoms with van der Waals surface area (Å²) in [4.78, 5) is 16.5. The largest absolute Gasteiger partial charge is 0.352 e. The molecule has 0 saturated carbocycles. The highest BCUT2D eigenvalue weighted by molar-refractivity contribution is 5.98. The van der Waals surface area contributed by atoms with Crippen LogP contribution in [0.4, 0.5) is 0 Å². The number of rotatable bonds is 1. The number of nitriles is 1. The lowest BCUT2D eigenvalue weighted by atomic mass is 10.2. The number of benzene rings is 1. The van der Waals surface area contributed by atoms with Crippen LogP contribution in [0.25, 0.3) is 21.3 Å². The maximum Gasteiger partial charge on any atom is 0.265 e. The minimum absolute atomic E-state index is 0.211. The Hall–Kier alpha value is -2.77. The summed E-state index contributed by atoms with van der Waals surface area (Å²) in [6.07, 6.45) is 0. The number of nitrogens with zero attached hydrogens (tertiary/aromatic N) is 4. The van der Waals surface area contributed by atoms with Gasteiger partial charge in [0.2, 0.25) is 0 Å². The van der Waals surface area contributed by atoms with Crippen LogP contribution in [0.15, 0.2) is 29.4 Å². The van der Waals surface area contributed by atoms with Crippen LogP contribution >= 0.6 is 0 Å². The van der Waals surface area contributed by atoms with E-state index in [2.05, 4.69) is 15.0 Å². The molecule has 0 spiro atoms. The number of aromatic nitrogens is 1. The van der Waals surface area contributed by atoms with Gasteiger partial charge in [-0.05, 0) is 28.8 Å². The number of fused-ring (bicyclic) bond motifs is 1. The molecule has 0 aliphatic rings. The quantitative estimate of drug-likeness (QED) is 0.444. The van der Waals surface area contributed by atoms with Gasteiger partial charge in [0.1, 0.15) is 0 Å². The second-order valence-electron chi connectivity index (χ2n) is 3.09. The van der Waals surface area contributed by atoms with Crippen molar-refractivity contribution in [3.05, 3.63) is 46.0 Å². The second kappa shape index (κ2) is 3.77. The van der Waals surface area contributed by atoms with Crippen molar-refractivity contribution in [2.24, 2.45) is 5.11 Å². The molecule has 2 aromatic rings. The predicted octanol–water partition coefficient (Wildman–Crippen LogP) is 2.49. The Morgan fingerprint density at radius 1 is 1.50 bits per heavy atom. The van der Waals surface area contributed by atoms with E-state index in [0.717, 1.165) is 5.39 Å². The van der Waals surface area contributed by atoms with E-state index in [0.29, 0.717) is 11.1 Å². The summed E-state index contributed by atoms with van der Waals surface area (Å²) in [6.45, 7) is 0. The van der Waals surface area contributed by atoms with Crippen LogP contribution in [0.3, 0.4) is 0 Å². The molecule has 1 heterocycles. The fraction of sp³-hybridized carbons (Fsp3) is 0. The normalized spacial score (nSPS) is 9.44. The molecule has 1 aromatic carbocycles. The molecule has 0 unspecified atom stereocenters. The summed E-state index contributed by atoms with van der Waals surface area (Å²) >= 11 is 0. The van der Waals surface area contributed by atoms with E-state index in [-0.39, 0.29) is 5.69 Å². The molecule has 6 nitrogen and oxygen atoms in total. The Morgan fingerprint density at radius 3 is 3.00 bits per heavy atom. The maximum absolute atomic E-state index is 11.3. The van der Waals surface area contributed by atoms with Crippen molar-refractivity contribution in [1.29, 1.82) is 5.26 Å². The van der Waals surface area contributed by atoms with Crippen LogP contribution in [-0.2, 0) is 0 Å². The fourth-order valence-corrected chi connectivity index (χ4v) is 1.41. The van der Waals surface area contributed by atoms with E-state index in [1.54, 1.807) is 24.3 Å². The molecule has 1 aromatic heterocycles. The lowest BCUT2D eigenvalue weighted by Crippen LogP contribution is -1.91. The van der Waals surface area contributed by atoms with Crippen molar-refractivity contribution in [2.45, 2.75) is 0 Å². The highest BCUT2D eigenvalue weighted by Crippen LogP contribution is 2.17. The van der Waals surface area contributed by atoms with Crippen molar-refractivity contribution in [1.82, 2.24) is 4.98 Å². The number of carbonyl (C=O) groups is 1. The molecule has 0 atom stereocenters. The molecule has 1 N–H and O–H groups in total. The number of carbonyl (C=O) groups excluding carboxylic acids is 1. The van der Waals surface area contributed by atoms with Crippen LogP contribution < -0.4 is 0 Å². The number of H-pyrrole nitrogens is 1. The number of hydrogen-bond acceptors (Lipinski definition) is 2. The monoisotopic (exact) mass is 211 g/mol. The van der Waals surface area contributed by atoms with Crippen molar-refractivity contribution >= 4 is 16.8 Å². The molecule has 0 aliphatic heterocycles. The van der Waals surface area contributed by atoms with Crippen molar-refractivity contribution < 1.29 is 4.79 Å². The van der Waals surface area contributed by atoms with Gasteiger partial charge in [0.05, 0.1) is 17.3 Å². The number of nitrogens with one attached hydrogen (secondary N) is 1. The van der Waals surface area contributed by atoms with Crippen molar-refractivity contribution in [3.63, 3.8) is 0 Å². The molecular weight excluding hydrogens is 206 g/mol. The minimum atomic E-state index is -0.669. The molecule has 0 fully saturated rings. The van der Waals surface area contributed by atoms with Gasteiger partial charge in [-0.3, -0.25) is 4.79 Å². The first kappa shape index (κ1) is 9.77. The van der Waals surface area contributed by atoms with E-state index < -0.39 is 5.91 Å². The van der Waals surface area contributed by atoms with Crippen LogP contribution in [0.1, 0.15) is 16.1 Å². The van der Waals surface area contributed by atoms with Gasteiger partial charge >= 0.3 is 0 Å². The van der Waals surface area contributed by atoms with Crippen LogP contribution in [-0.4, -0.2) is 10.9 Å². The average molecular weight is 211 g/mol. The first-order valence-corrected chi connectivity index (χ1v) is 4.37. The van der Waals surface area contributed by atoms with Gasteiger partial charge in [-0.25, -0.2) is 0 Å². The smallest absolute Gasteiger partial charge is 0.265 e. The second-order valence-corrected chi connectivity index (χ2v) is 3.09. The molecule has 1 amide bonds. The van der Waals surface area contributed by atoms with Gasteiger partial charge < -0.3 is 4.98 Å². The maximum atomic E-state index is 11.3. The molecule has 0 saturated heterocycles. The Morgan fingerprint density at radius 2 is 2.31 bits per heavy atom. The summed E-state index contributed by atoms with van der Waals surface area (Å²) in [5, 5.41) is 12.5. The van der Waals surface area contributed by atoms with E-state index in [9.17, 15) is 4.79 Å². The van der Waals surface area contributed by atoms with E-state index in [4.69, 9.17) is 10.8 Å². The first-order valence-electron chi connectivity index (χ1n) is 4.37. The third-order valence-corrected chi connectivity index (χ3v) is 2.12. The Kier molecular flexibility index (Phi) is 2.30. The van der Waals surface area contributed by atoms with Crippen LogP contribution in [0.5, 0.6) is 0 Å². The molecule has 2 rings (SSSR count). The van der Waals surface area contributed by atoms with Gasteiger partial charge in [0.15, 0.2) is 0 Å². The van der Waals surface area contributed by atoms with Gasteiger partial charge in [-0.1, -0.05) is 6.07 Å². The summed E-state index contributed by atoms with van der Waals surface area (Å²) in [6, 6.07) is 8.57. The first-order chi connectivity index (χ1) is 7.74. The zero-order chi connectivity index (χ0) is 11.5. The summed E-state index contributed by atoms with van der Waals surface area (Å²) in [5.74, 6) is -0.669. The van der Waals surface area contributed by atoms with Crippen molar-refractivity contribution in [3.8, 4) is 6.07 Å². The van der Waals surface area contributed by atoms with Gasteiger partial charge in [-0.15, -0.1) is 0 Å². The Balaban J connectivity index is 2.56. The summed E-state index contributed by atoms with van der Waals surface area (Å²) in [5.41, 5.74) is 9.51. The molecule has 76 valence electrons. The topological polar surface area (TPSA) is 105 Å². The zero-order valence-corrected chi connectivity index (χ0v) is 8.01. The molecule has 0 aliphatic carbocycles. The van der Waals surface area contributed by atoms with Crippen LogP contribution in [0, 0.1) is 11.3 Å². The summed E-state index contributed by atoms with van der Waals surface area (Å²) in [7, 11) is 0. The molecule has 16 heavy (non-hydrogen) atoms. The van der Waals surface area contributed by atoms with Gasteiger partial charge in [-0.2, -0.15) is 5.26 Å². The van der Waals surface area contributed by atoms with E-state index in [1.165, 1.54) is 0 Å². The standard InChI is InChI=1S/C10H5N5O/c11-5-6-1-2-7-4-9(10(16)14-15-12)13-8(7)3-6/h1-4,13H. The third kappa shape index (κ3) is 1.59. The minimum Gasteiger partial charge on any atom is -0.352 e.